The fraction of sp³-hybridized carbons (Fsp3) is 0.160. The summed E-state index contributed by atoms with van der Waals surface area (Å²) in [5, 5.41) is 7.05. The van der Waals surface area contributed by atoms with E-state index in [1.807, 2.05) is 48.5 Å². The Kier molecular flexibility index (Phi) is 7.42. The molecule has 1 aliphatic rings. The third-order valence-electron chi connectivity index (χ3n) is 4.95. The number of ether oxygens (including phenoxy) is 1. The number of methoxy groups -OCH3 is 1. The molecule has 3 aromatic rings. The summed E-state index contributed by atoms with van der Waals surface area (Å²) < 4.78 is 20.0. The first-order valence-electron chi connectivity index (χ1n) is 10.5. The molecule has 0 aromatic heterocycles. The summed E-state index contributed by atoms with van der Waals surface area (Å²) in [4.78, 5) is 7.64. The Hall–Kier alpha value is -3.16. The molecule has 2 N–H and O–H groups in total. The van der Waals surface area contributed by atoms with Crippen molar-refractivity contribution in [3.05, 3.63) is 89.8 Å². The van der Waals surface area contributed by atoms with E-state index >= 15 is 0 Å². The highest BCUT2D eigenvalue weighted by atomic mass is 35.5. The van der Waals surface area contributed by atoms with Crippen LogP contribution in [0.25, 0.3) is 0 Å². The predicted octanol–water partition coefficient (Wildman–Crippen LogP) is 6.84. The minimum Gasteiger partial charge on any atom is -0.497 e. The van der Waals surface area contributed by atoms with Crippen molar-refractivity contribution in [2.45, 2.75) is 18.1 Å². The lowest BCUT2D eigenvalue weighted by molar-refractivity contribution is 0.415. The van der Waals surface area contributed by atoms with Crippen molar-refractivity contribution < 1.29 is 9.13 Å². The van der Waals surface area contributed by atoms with Crippen LogP contribution in [-0.2, 0) is 0 Å². The number of amidine groups is 1. The Labute approximate surface area is 202 Å². The molecule has 1 atom stereocenters. The van der Waals surface area contributed by atoms with E-state index in [-0.39, 0.29) is 5.69 Å². The topological polar surface area (TPSA) is 48.9 Å². The molecule has 0 amide bonds. The zero-order valence-corrected chi connectivity index (χ0v) is 19.8. The van der Waals surface area contributed by atoms with Gasteiger partial charge in [-0.05, 0) is 60.4 Å². The smallest absolute Gasteiger partial charge is 0.202 e. The third-order valence-corrected chi connectivity index (χ3v) is 6.21. The second kappa shape index (κ2) is 10.6. The summed E-state index contributed by atoms with van der Waals surface area (Å²) in [5.74, 6) is 1.93. The Bertz CT molecular complexity index is 1150. The van der Waals surface area contributed by atoms with Gasteiger partial charge in [0.25, 0.3) is 0 Å². The number of hydrogen-bond donors (Lipinski definition) is 2. The number of thioether (sulfide) groups is 1. The summed E-state index contributed by atoms with van der Waals surface area (Å²) in [6, 6.07) is 20.2. The number of rotatable bonds is 7. The van der Waals surface area contributed by atoms with Crippen LogP contribution in [0.1, 0.15) is 6.92 Å². The van der Waals surface area contributed by atoms with Crippen LogP contribution < -0.4 is 20.3 Å². The second-order valence-electron chi connectivity index (χ2n) is 7.11. The lowest BCUT2D eigenvalue weighted by Gasteiger charge is -2.33. The van der Waals surface area contributed by atoms with Crippen molar-refractivity contribution in [2.75, 3.05) is 28.4 Å². The van der Waals surface area contributed by atoms with Gasteiger partial charge in [0.2, 0.25) is 6.29 Å². The van der Waals surface area contributed by atoms with Gasteiger partial charge in [0.15, 0.2) is 0 Å². The van der Waals surface area contributed by atoms with Gasteiger partial charge in [0, 0.05) is 16.8 Å². The molecule has 1 aliphatic heterocycles. The van der Waals surface area contributed by atoms with Crippen molar-refractivity contribution >= 4 is 46.3 Å². The van der Waals surface area contributed by atoms with E-state index in [0.29, 0.717) is 10.9 Å². The first kappa shape index (κ1) is 23.0. The molecule has 0 saturated heterocycles. The van der Waals surface area contributed by atoms with Crippen LogP contribution in [0, 0.1) is 5.82 Å². The van der Waals surface area contributed by atoms with Crippen LogP contribution >= 0.6 is 23.4 Å². The molecule has 33 heavy (non-hydrogen) atoms. The van der Waals surface area contributed by atoms with Gasteiger partial charge in [0.1, 0.15) is 17.4 Å². The maximum atomic E-state index is 14.8. The van der Waals surface area contributed by atoms with Crippen LogP contribution in [0.4, 0.5) is 21.5 Å². The van der Waals surface area contributed by atoms with Crippen molar-refractivity contribution in [3.8, 4) is 5.75 Å². The fourth-order valence-electron chi connectivity index (χ4n) is 3.40. The normalized spacial score (nSPS) is 15.2. The first-order chi connectivity index (χ1) is 16.1. The highest BCUT2D eigenvalue weighted by molar-refractivity contribution is 7.99. The zero-order chi connectivity index (χ0) is 23.2. The molecule has 0 radical (unpaired) electrons. The average Bonchev–Trinajstić information content (AvgIpc) is 2.82. The van der Waals surface area contributed by atoms with Gasteiger partial charge < -0.3 is 20.3 Å². The highest BCUT2D eigenvalue weighted by Crippen LogP contribution is 2.33. The van der Waals surface area contributed by atoms with Gasteiger partial charge >= 0.3 is 0 Å². The van der Waals surface area contributed by atoms with Gasteiger partial charge in [-0.25, -0.2) is 9.38 Å². The van der Waals surface area contributed by atoms with E-state index in [9.17, 15) is 4.39 Å². The number of anilines is 3. The molecule has 4 rings (SSSR count). The van der Waals surface area contributed by atoms with Crippen molar-refractivity contribution in [1.82, 2.24) is 0 Å². The fourth-order valence-corrected chi connectivity index (χ4v) is 4.42. The maximum Gasteiger partial charge on any atom is 0.202 e. The monoisotopic (exact) mass is 482 g/mol. The number of aliphatic imine (C=N–C) groups is 1. The molecular formula is C25H24ClFN4OS. The Morgan fingerprint density at radius 2 is 1.88 bits per heavy atom. The molecule has 0 saturated carbocycles. The van der Waals surface area contributed by atoms with Crippen LogP contribution in [0.5, 0.6) is 5.75 Å². The quantitative estimate of drug-likeness (QED) is 0.361. The van der Waals surface area contributed by atoms with Crippen LogP contribution in [0.3, 0.4) is 0 Å². The Balaban J connectivity index is 1.67. The van der Waals surface area contributed by atoms with Gasteiger partial charge in [-0.2, -0.15) is 0 Å². The first-order valence-corrected chi connectivity index (χ1v) is 11.8. The number of para-hydroxylation sites is 2. The molecule has 3 aromatic carbocycles. The summed E-state index contributed by atoms with van der Waals surface area (Å²) in [6.45, 7) is 2.12. The summed E-state index contributed by atoms with van der Waals surface area (Å²) >= 11 is 8.12. The van der Waals surface area contributed by atoms with E-state index in [1.165, 1.54) is 6.07 Å². The van der Waals surface area contributed by atoms with Gasteiger partial charge in [-0.15, -0.1) is 11.8 Å². The SMILES string of the molecule is CCSc1ccccc1NC1=NC(Nc2ccc(OC)cc2)N(c2c(F)cccc2Cl)C=C1. The number of halogens is 2. The van der Waals surface area contributed by atoms with Crippen LogP contribution in [-0.4, -0.2) is 25.0 Å². The Morgan fingerprint density at radius 3 is 2.61 bits per heavy atom. The van der Waals surface area contributed by atoms with Crippen LogP contribution in [0.2, 0.25) is 5.02 Å². The molecule has 1 heterocycles. The molecule has 0 spiro atoms. The largest absolute Gasteiger partial charge is 0.497 e. The highest BCUT2D eigenvalue weighted by Gasteiger charge is 2.25. The van der Waals surface area contributed by atoms with Crippen molar-refractivity contribution in [3.63, 3.8) is 0 Å². The van der Waals surface area contributed by atoms with E-state index in [1.54, 1.807) is 42.1 Å². The Morgan fingerprint density at radius 1 is 1.09 bits per heavy atom. The number of nitrogens with one attached hydrogen (secondary N) is 2. The van der Waals surface area contributed by atoms with Gasteiger partial charge in [0.05, 0.1) is 23.5 Å². The zero-order valence-electron chi connectivity index (χ0n) is 18.3. The predicted molar refractivity (Wildman–Crippen MR) is 137 cm³/mol. The molecule has 0 fully saturated rings. The number of nitrogens with zero attached hydrogens (tertiary/aromatic N) is 2. The van der Waals surface area contributed by atoms with E-state index < -0.39 is 12.1 Å². The van der Waals surface area contributed by atoms with E-state index in [0.717, 1.165) is 27.8 Å². The summed E-state index contributed by atoms with van der Waals surface area (Å²) in [7, 11) is 1.62. The molecular weight excluding hydrogens is 459 g/mol. The average molecular weight is 483 g/mol. The lowest BCUT2D eigenvalue weighted by atomic mass is 10.2. The van der Waals surface area contributed by atoms with Crippen molar-refractivity contribution in [1.29, 1.82) is 0 Å². The number of benzene rings is 3. The lowest BCUT2D eigenvalue weighted by Crippen LogP contribution is -2.40. The van der Waals surface area contributed by atoms with E-state index in [2.05, 4.69) is 23.6 Å². The van der Waals surface area contributed by atoms with Crippen molar-refractivity contribution in [2.24, 2.45) is 4.99 Å². The molecule has 5 nitrogen and oxygen atoms in total. The van der Waals surface area contributed by atoms with Gasteiger partial charge in [-0.1, -0.05) is 36.7 Å². The molecule has 170 valence electrons. The molecule has 0 aliphatic carbocycles. The van der Waals surface area contributed by atoms with Gasteiger partial charge in [-0.3, -0.25) is 0 Å². The van der Waals surface area contributed by atoms with E-state index in [4.69, 9.17) is 21.3 Å². The molecule has 8 heteroatoms. The number of hydrogen-bond acceptors (Lipinski definition) is 6. The molecule has 0 bridgehead atoms. The minimum atomic E-state index is -0.633. The molecule has 1 unspecified atom stereocenters. The third kappa shape index (κ3) is 5.43. The minimum absolute atomic E-state index is 0.256. The van der Waals surface area contributed by atoms with Crippen LogP contribution in [0.15, 0.2) is 88.9 Å². The summed E-state index contributed by atoms with van der Waals surface area (Å²) in [6.07, 6.45) is 2.95. The summed E-state index contributed by atoms with van der Waals surface area (Å²) in [5.41, 5.74) is 2.03. The second-order valence-corrected chi connectivity index (χ2v) is 8.82. The standard InChI is InChI=1S/C25H24ClFN4OS/c1-3-33-22-10-5-4-9-21(22)29-23-15-16-31(24-19(26)7-6-8-20(24)27)25(30-23)28-17-11-13-18(32-2)14-12-17/h4-16,25,28H,3H2,1-2H3,(H,29,30). The maximum absolute atomic E-state index is 14.8.